The Labute approximate surface area is 547 Å². The van der Waals surface area contributed by atoms with E-state index in [1.165, 1.54) is 78.1 Å². The Balaban J connectivity index is 0.000000112. The van der Waals surface area contributed by atoms with Crippen LogP contribution in [0.25, 0.3) is 85.0 Å². The fourth-order valence-corrected chi connectivity index (χ4v) is 14.8. The molecule has 0 bridgehead atoms. The van der Waals surface area contributed by atoms with E-state index >= 15 is 0 Å². The Morgan fingerprint density at radius 2 is 1.11 bits per heavy atom. The molecule has 0 aliphatic carbocycles. The lowest BCUT2D eigenvalue weighted by Gasteiger charge is -2.29. The molecular weight excluding hydrogens is 1200 g/mol. The fourth-order valence-electron chi connectivity index (χ4n) is 14.5. The summed E-state index contributed by atoms with van der Waals surface area (Å²) in [5, 5.41) is 41.2. The lowest BCUT2D eigenvalue weighted by Crippen LogP contribution is -2.29. The van der Waals surface area contributed by atoms with Gasteiger partial charge in [0.2, 0.25) is 0 Å². The quantitative estimate of drug-likeness (QED) is 0.162. The number of nitriles is 1. The highest BCUT2D eigenvalue weighted by atomic mass is 35.5. The van der Waals surface area contributed by atoms with Crippen molar-refractivity contribution >= 4 is 28.7 Å². The molecular formula is C74H67ClF2N16O. The molecule has 20 heteroatoms. The fraction of sp³-hybridized carbons (Fsp3) is 0.257. The van der Waals surface area contributed by atoms with Crippen LogP contribution < -0.4 is 14.7 Å². The van der Waals surface area contributed by atoms with E-state index in [4.69, 9.17) is 16.9 Å². The lowest BCUT2D eigenvalue weighted by atomic mass is 10.00. The Bertz CT molecular complexity index is 4850. The van der Waals surface area contributed by atoms with E-state index in [2.05, 4.69) is 169 Å². The number of rotatable bonds is 7. The van der Waals surface area contributed by atoms with Gasteiger partial charge in [0.05, 0.1) is 52.3 Å². The standard InChI is InChI=1S/C25H21ClN6.C25H24FN5O.C24H22FN5/c26-24-21(18-6-4-17(14-27)5-7-18)13-23-25-29-28-16-32(25)22-9-8-20(12-19(22)15-31(23)24)30-10-2-1-3-11-30;1-16-10-29(13-20(16)14-32)22-6-7-23-19(8-22)12-30-11-18(17-2-4-21(26)5-3-17)9-24(30)25-27-15-28-31(23)25;1-16-8-9-28(12-16)21-6-7-22-19(10-21)14-29-13-18(17-2-4-20(25)5-3-17)11-23(29)24-27-26-15-30(22)24/h4-9,12-13,16H,1-3,10-11,15H2;2-9,11,15-16,20,32H,10,12-14H2,1H3;2-7,10-11,13,15-16H,8-9,12,14H2,1H3/t;16-,20+;16-/m.11/s1. The van der Waals surface area contributed by atoms with Gasteiger partial charge in [0.15, 0.2) is 17.5 Å². The van der Waals surface area contributed by atoms with Crippen LogP contribution in [0.5, 0.6) is 0 Å². The number of piperidine rings is 1. The Kier molecular flexibility index (Phi) is 15.1. The van der Waals surface area contributed by atoms with Crippen LogP contribution in [0.2, 0.25) is 5.15 Å². The summed E-state index contributed by atoms with van der Waals surface area (Å²) < 4.78 is 39.3. The van der Waals surface area contributed by atoms with Crippen molar-refractivity contribution < 1.29 is 13.9 Å². The van der Waals surface area contributed by atoms with Crippen molar-refractivity contribution in [3.05, 3.63) is 216 Å². The third kappa shape index (κ3) is 10.8. The molecule has 3 saturated heterocycles. The minimum atomic E-state index is -0.240. The molecule has 1 N–H and O–H groups in total. The highest BCUT2D eigenvalue weighted by Gasteiger charge is 2.32. The number of aliphatic hydroxyl groups is 1. The summed E-state index contributed by atoms with van der Waals surface area (Å²) in [7, 11) is 0. The van der Waals surface area contributed by atoms with Crippen molar-refractivity contribution in [1.29, 1.82) is 5.26 Å². The van der Waals surface area contributed by atoms with E-state index in [1.807, 2.05) is 45.6 Å². The summed E-state index contributed by atoms with van der Waals surface area (Å²) in [5.41, 5.74) is 20.0. The lowest BCUT2D eigenvalue weighted by molar-refractivity contribution is 0.212. The molecule has 6 aromatic heterocycles. The van der Waals surface area contributed by atoms with Crippen molar-refractivity contribution in [2.75, 3.05) is 60.6 Å². The summed E-state index contributed by atoms with van der Waals surface area (Å²) in [6.07, 6.45) is 14.4. The maximum atomic E-state index is 13.4. The minimum absolute atomic E-state index is 0.225. The molecule has 6 aromatic carbocycles. The molecule has 6 aliphatic rings. The SMILES string of the molecule is C[C@@H]1CCN(c2ccc3c(c2)Cn2cc(-c4ccc(F)cc4)cc2-c2nncn2-3)C1.C[C@@H]1CN(c2ccc3c(c2)Cn2cc(-c4ccc(F)cc4)cc2-c2ncnn2-3)C[C@H]1CO.N#Cc1ccc(-c2cc3n(c2Cl)Cc2cc(N4CCCCC4)ccc2-n2cnnc2-3)cc1. The van der Waals surface area contributed by atoms with Gasteiger partial charge in [-0.3, -0.25) is 9.13 Å². The average Bonchev–Trinajstić information content (AvgIpc) is 1.61. The van der Waals surface area contributed by atoms with Crippen molar-refractivity contribution in [2.24, 2.45) is 17.8 Å². The number of hydrogen-bond donors (Lipinski definition) is 1. The molecule has 0 unspecified atom stereocenters. The zero-order chi connectivity index (χ0) is 63.7. The van der Waals surface area contributed by atoms with Gasteiger partial charge >= 0.3 is 0 Å². The second-order valence-corrected chi connectivity index (χ2v) is 26.1. The molecule has 3 fully saturated rings. The summed E-state index contributed by atoms with van der Waals surface area (Å²) in [5.74, 6) is 3.44. The average molecular weight is 1270 g/mol. The van der Waals surface area contributed by atoms with Gasteiger partial charge in [-0.25, -0.2) is 18.4 Å². The van der Waals surface area contributed by atoms with E-state index in [-0.39, 0.29) is 18.2 Å². The molecule has 94 heavy (non-hydrogen) atoms. The highest BCUT2D eigenvalue weighted by molar-refractivity contribution is 6.32. The number of hydrogen-bond acceptors (Lipinski definition) is 11. The smallest absolute Gasteiger partial charge is 0.185 e. The molecule has 18 rings (SSSR count). The Morgan fingerprint density at radius 1 is 0.553 bits per heavy atom. The Morgan fingerprint density at radius 3 is 1.69 bits per heavy atom. The number of aliphatic hydroxyl groups excluding tert-OH is 1. The largest absolute Gasteiger partial charge is 0.396 e. The summed E-state index contributed by atoms with van der Waals surface area (Å²) in [6.45, 7) is 13.1. The van der Waals surface area contributed by atoms with Gasteiger partial charge in [-0.1, -0.05) is 61.8 Å². The van der Waals surface area contributed by atoms with Crippen molar-refractivity contribution in [2.45, 2.75) is 59.2 Å². The van der Waals surface area contributed by atoms with Gasteiger partial charge in [-0.15, -0.1) is 20.4 Å². The predicted molar refractivity (Wildman–Crippen MR) is 362 cm³/mol. The molecule has 17 nitrogen and oxygen atoms in total. The Hall–Kier alpha value is -10.4. The van der Waals surface area contributed by atoms with Gasteiger partial charge < -0.3 is 33.5 Å². The van der Waals surface area contributed by atoms with Crippen LogP contribution in [-0.2, 0) is 19.6 Å². The normalized spacial score (nSPS) is 17.2. The zero-order valence-electron chi connectivity index (χ0n) is 52.1. The molecule has 0 radical (unpaired) electrons. The first-order chi connectivity index (χ1) is 46.0. The van der Waals surface area contributed by atoms with Crippen LogP contribution in [0.1, 0.15) is 61.8 Å². The molecule has 6 aliphatic heterocycles. The number of anilines is 3. The van der Waals surface area contributed by atoms with E-state index in [1.54, 1.807) is 31.1 Å². The maximum Gasteiger partial charge on any atom is 0.185 e. The number of fused-ring (bicyclic) bond motifs is 15. The monoisotopic (exact) mass is 1270 g/mol. The topological polar surface area (TPSA) is 161 Å². The zero-order valence-corrected chi connectivity index (χ0v) is 52.9. The first kappa shape index (κ1) is 58.7. The molecule has 3 atom stereocenters. The van der Waals surface area contributed by atoms with Crippen LogP contribution in [0.15, 0.2) is 177 Å². The minimum Gasteiger partial charge on any atom is -0.396 e. The molecule has 12 heterocycles. The summed E-state index contributed by atoms with van der Waals surface area (Å²) in [4.78, 5) is 11.9. The van der Waals surface area contributed by atoms with Gasteiger partial charge in [0.25, 0.3) is 0 Å². The predicted octanol–water partition coefficient (Wildman–Crippen LogP) is 14.0. The van der Waals surface area contributed by atoms with E-state index in [0.717, 1.165) is 142 Å². The second-order valence-electron chi connectivity index (χ2n) is 25.7. The van der Waals surface area contributed by atoms with Crippen LogP contribution in [-0.4, -0.2) is 109 Å². The third-order valence-corrected chi connectivity index (χ3v) is 20.1. The van der Waals surface area contributed by atoms with Crippen molar-refractivity contribution in [3.8, 4) is 91.1 Å². The van der Waals surface area contributed by atoms with Crippen LogP contribution >= 0.6 is 11.6 Å². The van der Waals surface area contributed by atoms with Crippen molar-refractivity contribution in [1.82, 2.24) is 58.0 Å². The number of benzene rings is 6. The van der Waals surface area contributed by atoms with Crippen LogP contribution in [0, 0.1) is 40.7 Å². The molecule has 12 aromatic rings. The van der Waals surface area contributed by atoms with Crippen molar-refractivity contribution in [3.63, 3.8) is 0 Å². The second kappa shape index (κ2) is 24.2. The number of nitrogens with zero attached hydrogens (tertiary/aromatic N) is 16. The third-order valence-electron chi connectivity index (χ3n) is 19.7. The van der Waals surface area contributed by atoms with Gasteiger partial charge in [-0.05, 0) is 180 Å². The number of aromatic nitrogens is 12. The first-order valence-corrected chi connectivity index (χ1v) is 32.7. The molecule has 470 valence electrons. The van der Waals surface area contributed by atoms with Gasteiger partial charge in [0.1, 0.15) is 35.8 Å². The molecule has 0 spiro atoms. The summed E-state index contributed by atoms with van der Waals surface area (Å²) in [6, 6.07) is 49.0. The maximum absolute atomic E-state index is 13.4. The number of halogens is 3. The van der Waals surface area contributed by atoms with Gasteiger partial charge in [0, 0.05) is 111 Å². The van der Waals surface area contributed by atoms with Gasteiger partial charge in [-0.2, -0.15) is 10.4 Å². The van der Waals surface area contributed by atoms with E-state index in [9.17, 15) is 13.9 Å². The van der Waals surface area contributed by atoms with E-state index < -0.39 is 0 Å². The summed E-state index contributed by atoms with van der Waals surface area (Å²) >= 11 is 6.94. The first-order valence-electron chi connectivity index (χ1n) is 32.3. The van der Waals surface area contributed by atoms with Crippen LogP contribution in [0.3, 0.4) is 0 Å². The molecule has 0 saturated carbocycles. The van der Waals surface area contributed by atoms with E-state index in [0.29, 0.717) is 35.6 Å². The van der Waals surface area contributed by atoms with Crippen LogP contribution in [0.4, 0.5) is 25.8 Å². The highest BCUT2D eigenvalue weighted by Crippen LogP contribution is 2.42. The molecule has 0 amide bonds.